The van der Waals surface area contributed by atoms with E-state index in [4.69, 9.17) is 7.85 Å². The van der Waals surface area contributed by atoms with E-state index in [1.807, 2.05) is 0 Å². The first kappa shape index (κ1) is 12.9. The number of nitrogens with zero attached hydrogens (tertiary/aromatic N) is 3. The van der Waals surface area contributed by atoms with Gasteiger partial charge in [-0.25, -0.2) is 0 Å². The zero-order valence-corrected chi connectivity index (χ0v) is 10.6. The summed E-state index contributed by atoms with van der Waals surface area (Å²) in [6.07, 6.45) is 4.11. The van der Waals surface area contributed by atoms with Crippen LogP contribution in [-0.4, -0.2) is 80.7 Å². The summed E-state index contributed by atoms with van der Waals surface area (Å²) in [6.45, 7) is 8.35. The molecule has 94 valence electrons. The van der Waals surface area contributed by atoms with Crippen LogP contribution in [0.5, 0.6) is 0 Å². The van der Waals surface area contributed by atoms with E-state index in [0.717, 1.165) is 32.7 Å². The molecule has 5 heteroatoms. The van der Waals surface area contributed by atoms with Crippen LogP contribution in [0.4, 0.5) is 4.79 Å². The number of piperidine rings is 1. The molecule has 0 N–H and O–H groups in total. The minimum Gasteiger partial charge on any atom is -0.350 e. The third kappa shape index (κ3) is 4.00. The van der Waals surface area contributed by atoms with Gasteiger partial charge in [0.05, 0.1) is 0 Å². The Morgan fingerprint density at radius 1 is 0.824 bits per heavy atom. The fourth-order valence-corrected chi connectivity index (χ4v) is 2.66. The highest BCUT2D eigenvalue weighted by Gasteiger charge is 2.18. The van der Waals surface area contributed by atoms with Gasteiger partial charge < -0.3 is 9.80 Å². The van der Waals surface area contributed by atoms with Crippen LogP contribution in [0, 0.1) is 0 Å². The maximum Gasteiger partial charge on any atom is 0.200 e. The van der Waals surface area contributed by atoms with Crippen LogP contribution >= 0.6 is 0 Å². The summed E-state index contributed by atoms with van der Waals surface area (Å²) in [6, 6.07) is 0. The summed E-state index contributed by atoms with van der Waals surface area (Å²) in [5.41, 5.74) is 0. The lowest BCUT2D eigenvalue weighted by Gasteiger charge is -2.36. The molecular weight excluding hydrogens is 213 g/mol. The normalized spacial score (nSPS) is 23.9. The van der Waals surface area contributed by atoms with E-state index in [1.165, 1.54) is 38.9 Å². The third-order valence-corrected chi connectivity index (χ3v) is 3.87. The summed E-state index contributed by atoms with van der Waals surface area (Å²) >= 11 is 0. The van der Waals surface area contributed by atoms with Crippen molar-refractivity contribution in [1.82, 2.24) is 14.7 Å². The molecule has 0 aliphatic carbocycles. The average Bonchev–Trinajstić information content (AvgIpc) is 2.38. The van der Waals surface area contributed by atoms with Crippen LogP contribution in [-0.2, 0) is 0 Å². The Bertz CT molecular complexity index is 248. The van der Waals surface area contributed by atoms with Gasteiger partial charge in [-0.05, 0) is 25.9 Å². The minimum atomic E-state index is -0.277. The molecule has 0 unspecified atom stereocenters. The molecule has 2 radical (unpaired) electrons. The summed E-state index contributed by atoms with van der Waals surface area (Å²) in [5.74, 6) is -0.277. The van der Waals surface area contributed by atoms with Gasteiger partial charge in [0.25, 0.3) is 0 Å². The van der Waals surface area contributed by atoms with Crippen molar-refractivity contribution in [3.63, 3.8) is 0 Å². The number of carbonyl (C=O) groups excluding carboxylic acids is 1. The predicted molar refractivity (Wildman–Crippen MR) is 69.5 cm³/mol. The maximum absolute atomic E-state index is 11.0. The molecule has 0 bridgehead atoms. The van der Waals surface area contributed by atoms with Gasteiger partial charge in [-0.3, -0.25) is 9.69 Å². The van der Waals surface area contributed by atoms with Crippen LogP contribution in [0.3, 0.4) is 0 Å². The summed E-state index contributed by atoms with van der Waals surface area (Å²) < 4.78 is 0. The fourth-order valence-electron chi connectivity index (χ4n) is 2.66. The maximum atomic E-state index is 11.0. The van der Waals surface area contributed by atoms with Gasteiger partial charge in [0.2, 0.25) is 7.85 Å². The zero-order chi connectivity index (χ0) is 12.1. The number of rotatable bonds is 3. The van der Waals surface area contributed by atoms with Crippen molar-refractivity contribution in [2.75, 3.05) is 52.4 Å². The molecule has 2 aliphatic heterocycles. The van der Waals surface area contributed by atoms with Crippen LogP contribution in [0.1, 0.15) is 19.3 Å². The molecular formula is C12H22BN3O. The number of likely N-dealkylation sites (tertiary alicyclic amines) is 1. The second-order valence-electron chi connectivity index (χ2n) is 5.07. The molecule has 0 atom stereocenters. The molecule has 2 rings (SSSR count). The Hall–Kier alpha value is -0.545. The molecule has 2 fully saturated rings. The van der Waals surface area contributed by atoms with Gasteiger partial charge in [0.15, 0.2) is 5.81 Å². The molecule has 2 heterocycles. The highest BCUT2D eigenvalue weighted by Crippen LogP contribution is 2.09. The van der Waals surface area contributed by atoms with Gasteiger partial charge in [0, 0.05) is 39.3 Å². The van der Waals surface area contributed by atoms with Crippen molar-refractivity contribution in [2.24, 2.45) is 0 Å². The Morgan fingerprint density at radius 3 is 1.88 bits per heavy atom. The van der Waals surface area contributed by atoms with Gasteiger partial charge in [-0.1, -0.05) is 6.42 Å². The zero-order valence-electron chi connectivity index (χ0n) is 10.6. The summed E-state index contributed by atoms with van der Waals surface area (Å²) in [4.78, 5) is 17.7. The molecule has 1 amide bonds. The number of piperazine rings is 1. The highest BCUT2D eigenvalue weighted by molar-refractivity contribution is 6.56. The Morgan fingerprint density at radius 2 is 1.35 bits per heavy atom. The van der Waals surface area contributed by atoms with Gasteiger partial charge in [0.1, 0.15) is 0 Å². The van der Waals surface area contributed by atoms with Crippen LogP contribution in [0.15, 0.2) is 0 Å². The monoisotopic (exact) mass is 235 g/mol. The van der Waals surface area contributed by atoms with E-state index in [-0.39, 0.29) is 5.81 Å². The van der Waals surface area contributed by atoms with Gasteiger partial charge >= 0.3 is 0 Å². The largest absolute Gasteiger partial charge is 0.350 e. The molecule has 17 heavy (non-hydrogen) atoms. The Kier molecular flexibility index (Phi) is 4.86. The summed E-state index contributed by atoms with van der Waals surface area (Å²) in [7, 11) is 5.26. The average molecular weight is 235 g/mol. The number of hydrogen-bond donors (Lipinski definition) is 0. The molecule has 2 saturated heterocycles. The lowest BCUT2D eigenvalue weighted by molar-refractivity contribution is 0.131. The van der Waals surface area contributed by atoms with Crippen LogP contribution < -0.4 is 0 Å². The van der Waals surface area contributed by atoms with E-state index >= 15 is 0 Å². The van der Waals surface area contributed by atoms with Crippen molar-refractivity contribution < 1.29 is 4.79 Å². The molecule has 0 saturated carbocycles. The van der Waals surface area contributed by atoms with E-state index in [1.54, 1.807) is 4.90 Å². The smallest absolute Gasteiger partial charge is 0.200 e. The molecule has 0 spiro atoms. The van der Waals surface area contributed by atoms with Crippen molar-refractivity contribution in [2.45, 2.75) is 19.3 Å². The first-order valence-corrected chi connectivity index (χ1v) is 6.75. The number of amides is 1. The van der Waals surface area contributed by atoms with Gasteiger partial charge in [-0.2, -0.15) is 0 Å². The Labute approximate surface area is 105 Å². The van der Waals surface area contributed by atoms with Crippen molar-refractivity contribution in [1.29, 1.82) is 0 Å². The molecule has 0 aromatic carbocycles. The quantitative estimate of drug-likeness (QED) is 0.661. The van der Waals surface area contributed by atoms with E-state index in [9.17, 15) is 4.79 Å². The highest BCUT2D eigenvalue weighted by atomic mass is 16.1. The lowest BCUT2D eigenvalue weighted by atomic mass is 10.1. The van der Waals surface area contributed by atoms with Crippen molar-refractivity contribution in [3.8, 4) is 0 Å². The van der Waals surface area contributed by atoms with Crippen LogP contribution in [0.2, 0.25) is 0 Å². The van der Waals surface area contributed by atoms with Crippen LogP contribution in [0.25, 0.3) is 0 Å². The minimum absolute atomic E-state index is 0.277. The predicted octanol–water partition coefficient (Wildman–Crippen LogP) is 0.378. The van der Waals surface area contributed by atoms with E-state index in [2.05, 4.69) is 9.80 Å². The van der Waals surface area contributed by atoms with Gasteiger partial charge in [-0.15, -0.1) is 0 Å². The SMILES string of the molecule is [B]C(=O)N1CCN(CCN2CCCCC2)CC1. The first-order valence-electron chi connectivity index (χ1n) is 6.75. The first-order chi connectivity index (χ1) is 8.25. The van der Waals surface area contributed by atoms with E-state index < -0.39 is 0 Å². The molecule has 2 aliphatic rings. The molecule has 0 aromatic rings. The number of hydrogen-bond acceptors (Lipinski definition) is 3. The number of carbonyl (C=O) groups is 1. The molecule has 0 aromatic heterocycles. The fraction of sp³-hybridized carbons (Fsp3) is 0.917. The lowest BCUT2D eigenvalue weighted by Crippen LogP contribution is -2.50. The summed E-state index contributed by atoms with van der Waals surface area (Å²) in [5, 5.41) is 0. The second kappa shape index (κ2) is 6.40. The van der Waals surface area contributed by atoms with Crippen molar-refractivity contribution >= 4 is 13.7 Å². The second-order valence-corrected chi connectivity index (χ2v) is 5.07. The van der Waals surface area contributed by atoms with Crippen molar-refractivity contribution in [3.05, 3.63) is 0 Å². The standard InChI is InChI=1S/C12H22BN3O/c13-12(17)16-10-8-15(9-11-16)7-6-14-4-2-1-3-5-14/h1-11H2. The van der Waals surface area contributed by atoms with E-state index in [0.29, 0.717) is 0 Å². The third-order valence-electron chi connectivity index (χ3n) is 3.87. The Balaban J connectivity index is 1.62. The molecule has 4 nitrogen and oxygen atoms in total. The topological polar surface area (TPSA) is 26.8 Å².